The number of nitrogens with zero attached hydrogens (tertiary/aromatic N) is 5. The molecule has 0 bridgehead atoms. The maximum atomic E-state index is 6.41. The van der Waals surface area contributed by atoms with Crippen LogP contribution in [-0.4, -0.2) is 24.3 Å². The summed E-state index contributed by atoms with van der Waals surface area (Å²) >= 11 is 0. The van der Waals surface area contributed by atoms with Gasteiger partial charge in [0.25, 0.3) is 0 Å². The molecule has 0 saturated heterocycles. The Morgan fingerprint density at radius 1 is 0.692 bits per heavy atom. The van der Waals surface area contributed by atoms with Crippen LogP contribution in [0.5, 0.6) is 11.5 Å². The zero-order chi connectivity index (χ0) is 26.3. The zero-order valence-corrected chi connectivity index (χ0v) is 21.6. The van der Waals surface area contributed by atoms with Crippen LogP contribution in [0.3, 0.4) is 0 Å². The van der Waals surface area contributed by atoms with Gasteiger partial charge in [0.15, 0.2) is 0 Å². The van der Waals surface area contributed by atoms with E-state index in [0.29, 0.717) is 0 Å². The Morgan fingerprint density at radius 3 is 2.38 bits per heavy atom. The lowest BCUT2D eigenvalue weighted by molar-refractivity contribution is 0.483. The quantitative estimate of drug-likeness (QED) is 0.238. The number of ether oxygens (including phenoxy) is 1. The second kappa shape index (κ2) is 9.26. The van der Waals surface area contributed by atoms with E-state index in [-0.39, 0.29) is 0 Å². The molecule has 188 valence electrons. The number of fused-ring (bicyclic) bond motifs is 3. The Kier molecular flexibility index (Phi) is 5.44. The molecule has 7 rings (SSSR count). The van der Waals surface area contributed by atoms with Crippen molar-refractivity contribution in [3.8, 4) is 34.1 Å². The standard InChI is InChI=1S/C33H25N5O/c1-22-33(24-9-8-17-34-21-24)23(2)38(36-22)25-10-7-11-26(19-25)39-27-15-16-29-28-12-3-4-13-30(28)37(31(29)20-27)32-14-5-6-18-35-32/h3-21H,1-2H3. The van der Waals surface area contributed by atoms with Crippen molar-refractivity contribution in [3.05, 3.63) is 127 Å². The van der Waals surface area contributed by atoms with Crippen molar-refractivity contribution in [3.63, 3.8) is 0 Å². The molecule has 0 amide bonds. The highest BCUT2D eigenvalue weighted by Gasteiger charge is 2.16. The van der Waals surface area contributed by atoms with Crippen LogP contribution < -0.4 is 4.74 Å². The fourth-order valence-corrected chi connectivity index (χ4v) is 5.38. The Morgan fingerprint density at radius 2 is 1.54 bits per heavy atom. The number of pyridine rings is 2. The maximum Gasteiger partial charge on any atom is 0.137 e. The molecular formula is C33H25N5O. The van der Waals surface area contributed by atoms with Gasteiger partial charge in [-0.25, -0.2) is 9.67 Å². The molecule has 6 heteroatoms. The third-order valence-corrected chi connectivity index (χ3v) is 7.06. The van der Waals surface area contributed by atoms with Crippen molar-refractivity contribution in [1.29, 1.82) is 0 Å². The summed E-state index contributed by atoms with van der Waals surface area (Å²) in [4.78, 5) is 8.91. The van der Waals surface area contributed by atoms with Gasteiger partial charge in [0.2, 0.25) is 0 Å². The van der Waals surface area contributed by atoms with Crippen molar-refractivity contribution in [2.75, 3.05) is 0 Å². The first kappa shape index (κ1) is 22.9. The fraction of sp³-hybridized carbons (Fsp3) is 0.0606. The topological polar surface area (TPSA) is 57.8 Å². The summed E-state index contributed by atoms with van der Waals surface area (Å²) in [5.74, 6) is 2.36. The van der Waals surface area contributed by atoms with Crippen LogP contribution in [0.4, 0.5) is 0 Å². The average molecular weight is 508 g/mol. The lowest BCUT2D eigenvalue weighted by Crippen LogP contribution is -1.99. The number of benzene rings is 3. The lowest BCUT2D eigenvalue weighted by atomic mass is 10.1. The molecule has 0 unspecified atom stereocenters. The van der Waals surface area contributed by atoms with Gasteiger partial charge >= 0.3 is 0 Å². The summed E-state index contributed by atoms with van der Waals surface area (Å²) in [7, 11) is 0. The summed E-state index contributed by atoms with van der Waals surface area (Å²) in [5, 5.41) is 7.18. The van der Waals surface area contributed by atoms with Gasteiger partial charge in [-0.1, -0.05) is 36.4 Å². The molecule has 0 aliphatic rings. The number of para-hydroxylation sites is 1. The highest BCUT2D eigenvalue weighted by molar-refractivity contribution is 6.09. The predicted octanol–water partition coefficient (Wildman–Crippen LogP) is 7.84. The minimum Gasteiger partial charge on any atom is -0.457 e. The van der Waals surface area contributed by atoms with Crippen molar-refractivity contribution < 1.29 is 4.74 Å². The summed E-state index contributed by atoms with van der Waals surface area (Å²) < 4.78 is 10.6. The summed E-state index contributed by atoms with van der Waals surface area (Å²) in [6, 6.07) is 32.6. The first-order valence-electron chi connectivity index (χ1n) is 12.9. The fourth-order valence-electron chi connectivity index (χ4n) is 5.38. The number of rotatable bonds is 5. The normalized spacial score (nSPS) is 11.3. The minimum atomic E-state index is 0.739. The van der Waals surface area contributed by atoms with Gasteiger partial charge in [-0.15, -0.1) is 0 Å². The van der Waals surface area contributed by atoms with Crippen LogP contribution in [0.1, 0.15) is 11.4 Å². The molecule has 0 aliphatic carbocycles. The molecule has 4 aromatic heterocycles. The van der Waals surface area contributed by atoms with Crippen molar-refractivity contribution >= 4 is 21.8 Å². The van der Waals surface area contributed by atoms with Gasteiger partial charge in [0, 0.05) is 58.3 Å². The SMILES string of the molecule is Cc1nn(-c2cccc(Oc3ccc4c5ccccc5n(-c5ccccn5)c4c3)c2)c(C)c1-c1cccnc1. The maximum absolute atomic E-state index is 6.41. The van der Waals surface area contributed by atoms with Crippen LogP contribution in [0.2, 0.25) is 0 Å². The van der Waals surface area contributed by atoms with Crippen LogP contribution >= 0.6 is 0 Å². The molecule has 0 radical (unpaired) electrons. The largest absolute Gasteiger partial charge is 0.457 e. The number of hydrogen-bond donors (Lipinski definition) is 0. The molecule has 0 saturated carbocycles. The van der Waals surface area contributed by atoms with Crippen LogP contribution in [-0.2, 0) is 0 Å². The first-order valence-corrected chi connectivity index (χ1v) is 12.9. The van der Waals surface area contributed by atoms with Crippen LogP contribution in [0.25, 0.3) is 44.4 Å². The van der Waals surface area contributed by atoms with E-state index in [4.69, 9.17) is 9.84 Å². The highest BCUT2D eigenvalue weighted by atomic mass is 16.5. The van der Waals surface area contributed by atoms with E-state index in [9.17, 15) is 0 Å². The van der Waals surface area contributed by atoms with E-state index in [1.807, 2.05) is 78.6 Å². The van der Waals surface area contributed by atoms with Crippen molar-refractivity contribution in [2.24, 2.45) is 0 Å². The Hall–Kier alpha value is -5.23. The number of aromatic nitrogens is 5. The van der Waals surface area contributed by atoms with Crippen molar-refractivity contribution in [2.45, 2.75) is 13.8 Å². The Bertz CT molecular complexity index is 1960. The van der Waals surface area contributed by atoms with E-state index >= 15 is 0 Å². The smallest absolute Gasteiger partial charge is 0.137 e. The minimum absolute atomic E-state index is 0.739. The molecule has 3 aromatic carbocycles. The summed E-state index contributed by atoms with van der Waals surface area (Å²) in [6.07, 6.45) is 5.48. The van der Waals surface area contributed by atoms with Gasteiger partial charge in [0.05, 0.1) is 22.4 Å². The van der Waals surface area contributed by atoms with Gasteiger partial charge in [-0.05, 0) is 62.4 Å². The molecular weight excluding hydrogens is 482 g/mol. The van der Waals surface area contributed by atoms with E-state index in [1.165, 1.54) is 5.39 Å². The molecule has 0 fully saturated rings. The van der Waals surface area contributed by atoms with E-state index in [0.717, 1.165) is 61.9 Å². The molecule has 0 spiro atoms. The van der Waals surface area contributed by atoms with E-state index in [1.54, 1.807) is 6.20 Å². The zero-order valence-electron chi connectivity index (χ0n) is 21.6. The molecule has 39 heavy (non-hydrogen) atoms. The second-order valence-electron chi connectivity index (χ2n) is 9.52. The average Bonchev–Trinajstić information content (AvgIpc) is 3.47. The van der Waals surface area contributed by atoms with Crippen LogP contribution in [0, 0.1) is 13.8 Å². The number of aryl methyl sites for hydroxylation is 1. The molecule has 0 aliphatic heterocycles. The van der Waals surface area contributed by atoms with Gasteiger partial charge in [-0.2, -0.15) is 5.10 Å². The lowest BCUT2D eigenvalue weighted by Gasteiger charge is -2.11. The second-order valence-corrected chi connectivity index (χ2v) is 9.52. The Labute approximate surface area is 225 Å². The molecule has 6 nitrogen and oxygen atoms in total. The summed E-state index contributed by atoms with van der Waals surface area (Å²) in [5.41, 5.74) is 7.26. The molecule has 7 aromatic rings. The molecule has 0 N–H and O–H groups in total. The third kappa shape index (κ3) is 3.94. The third-order valence-electron chi connectivity index (χ3n) is 7.06. The van der Waals surface area contributed by atoms with Gasteiger partial charge < -0.3 is 4.74 Å². The molecule has 4 heterocycles. The molecule has 0 atom stereocenters. The van der Waals surface area contributed by atoms with Gasteiger partial charge in [-0.3, -0.25) is 9.55 Å². The predicted molar refractivity (Wildman–Crippen MR) is 155 cm³/mol. The Balaban J connectivity index is 1.28. The monoisotopic (exact) mass is 507 g/mol. The van der Waals surface area contributed by atoms with E-state index in [2.05, 4.69) is 63.9 Å². The van der Waals surface area contributed by atoms with Crippen LogP contribution in [0.15, 0.2) is 116 Å². The van der Waals surface area contributed by atoms with Crippen molar-refractivity contribution in [1.82, 2.24) is 24.3 Å². The van der Waals surface area contributed by atoms with E-state index < -0.39 is 0 Å². The summed E-state index contributed by atoms with van der Waals surface area (Å²) in [6.45, 7) is 4.11. The first-order chi connectivity index (χ1) is 19.2. The number of hydrogen-bond acceptors (Lipinski definition) is 4. The highest BCUT2D eigenvalue weighted by Crippen LogP contribution is 2.35. The van der Waals surface area contributed by atoms with Gasteiger partial charge in [0.1, 0.15) is 17.3 Å².